The summed E-state index contributed by atoms with van der Waals surface area (Å²) in [6.07, 6.45) is 6.94. The Hall–Kier alpha value is -2.83. The summed E-state index contributed by atoms with van der Waals surface area (Å²) in [5, 5.41) is 10.7. The van der Waals surface area contributed by atoms with E-state index in [9.17, 15) is 5.11 Å². The van der Waals surface area contributed by atoms with Gasteiger partial charge in [-0.15, -0.1) is 11.8 Å². The van der Waals surface area contributed by atoms with Crippen molar-refractivity contribution in [2.75, 3.05) is 34.4 Å². The van der Waals surface area contributed by atoms with Crippen LogP contribution in [0.15, 0.2) is 59.5 Å². The molecule has 0 bridgehead atoms. The quantitative estimate of drug-likeness (QED) is 0.180. The fraction of sp³-hybridized carbons (Fsp3) is 0.438. The Balaban J connectivity index is 1.27. The van der Waals surface area contributed by atoms with Gasteiger partial charge in [-0.05, 0) is 85.8 Å². The molecular weight excluding hydrogens is 494 g/mol. The number of phenols is 1. The van der Waals surface area contributed by atoms with Crippen molar-refractivity contribution in [3.63, 3.8) is 0 Å². The minimum atomic E-state index is 0.207. The first-order valence-corrected chi connectivity index (χ1v) is 14.4. The van der Waals surface area contributed by atoms with E-state index in [1.165, 1.54) is 40.8 Å². The zero-order valence-corrected chi connectivity index (χ0v) is 24.0. The number of unbranched alkanes of at least 4 members (excludes halogenated alkanes) is 3. The Morgan fingerprint density at radius 1 is 0.816 bits per heavy atom. The molecule has 3 aromatic carbocycles. The standard InChI is InChI=1S/C32H41NO4S/c1-23-10-13-27(14-11-23)38-32(25-12-15-29(35-2)28(34)19-25)9-7-5-6-8-17-33-18-16-24-20-30(36-3)31(37-4)21-26(24)22-33/h10-15,19-21,32,34H,5-9,16-18,22H2,1-4H3. The fourth-order valence-electron chi connectivity index (χ4n) is 5.13. The highest BCUT2D eigenvalue weighted by Gasteiger charge is 2.19. The average Bonchev–Trinajstić information content (AvgIpc) is 2.94. The molecule has 0 aliphatic carbocycles. The smallest absolute Gasteiger partial charge is 0.161 e. The normalized spacial score (nSPS) is 14.1. The van der Waals surface area contributed by atoms with Gasteiger partial charge in [-0.25, -0.2) is 0 Å². The lowest BCUT2D eigenvalue weighted by Crippen LogP contribution is -2.31. The number of hydrogen-bond donors (Lipinski definition) is 1. The highest BCUT2D eigenvalue weighted by Crippen LogP contribution is 2.41. The first kappa shape index (κ1) is 28.2. The molecule has 6 heteroatoms. The average molecular weight is 536 g/mol. The highest BCUT2D eigenvalue weighted by atomic mass is 32.2. The van der Waals surface area contributed by atoms with Crippen LogP contribution in [-0.4, -0.2) is 44.4 Å². The maximum Gasteiger partial charge on any atom is 0.161 e. The van der Waals surface area contributed by atoms with Crippen LogP contribution in [0.2, 0.25) is 0 Å². The van der Waals surface area contributed by atoms with Gasteiger partial charge in [0, 0.05) is 23.2 Å². The van der Waals surface area contributed by atoms with E-state index in [1.54, 1.807) is 21.3 Å². The number of aryl methyl sites for hydroxylation is 1. The van der Waals surface area contributed by atoms with Crippen molar-refractivity contribution >= 4 is 11.8 Å². The molecule has 0 aromatic heterocycles. The second kappa shape index (κ2) is 13.8. The van der Waals surface area contributed by atoms with E-state index in [1.807, 2.05) is 23.9 Å². The van der Waals surface area contributed by atoms with Crippen LogP contribution in [0.5, 0.6) is 23.0 Å². The summed E-state index contributed by atoms with van der Waals surface area (Å²) in [6.45, 7) is 5.32. The molecule has 1 aliphatic rings. The van der Waals surface area contributed by atoms with Gasteiger partial charge in [-0.2, -0.15) is 0 Å². The van der Waals surface area contributed by atoms with Gasteiger partial charge in [-0.3, -0.25) is 4.90 Å². The molecule has 204 valence electrons. The van der Waals surface area contributed by atoms with Gasteiger partial charge in [0.2, 0.25) is 0 Å². The van der Waals surface area contributed by atoms with Gasteiger partial charge in [0.1, 0.15) is 0 Å². The minimum Gasteiger partial charge on any atom is -0.504 e. The van der Waals surface area contributed by atoms with E-state index in [-0.39, 0.29) is 5.75 Å². The Kier molecular flexibility index (Phi) is 10.2. The first-order valence-electron chi connectivity index (χ1n) is 13.6. The topological polar surface area (TPSA) is 51.2 Å². The number of thioether (sulfide) groups is 1. The lowest BCUT2D eigenvalue weighted by Gasteiger charge is -2.29. The molecule has 1 unspecified atom stereocenters. The Morgan fingerprint density at radius 3 is 2.18 bits per heavy atom. The van der Waals surface area contributed by atoms with Gasteiger partial charge < -0.3 is 19.3 Å². The highest BCUT2D eigenvalue weighted by molar-refractivity contribution is 7.99. The van der Waals surface area contributed by atoms with Crippen LogP contribution >= 0.6 is 11.8 Å². The van der Waals surface area contributed by atoms with Gasteiger partial charge >= 0.3 is 0 Å². The minimum absolute atomic E-state index is 0.207. The second-order valence-corrected chi connectivity index (χ2v) is 11.3. The zero-order valence-electron chi connectivity index (χ0n) is 23.2. The van der Waals surface area contributed by atoms with Crippen molar-refractivity contribution < 1.29 is 19.3 Å². The molecule has 4 rings (SSSR count). The predicted octanol–water partition coefficient (Wildman–Crippen LogP) is 7.57. The second-order valence-electron chi connectivity index (χ2n) is 10.1. The van der Waals surface area contributed by atoms with Crippen LogP contribution < -0.4 is 14.2 Å². The molecule has 1 aliphatic heterocycles. The number of methoxy groups -OCH3 is 3. The molecule has 1 N–H and O–H groups in total. The van der Waals surface area contributed by atoms with E-state index in [0.29, 0.717) is 11.0 Å². The maximum atomic E-state index is 10.4. The van der Waals surface area contributed by atoms with Crippen molar-refractivity contribution in [3.05, 3.63) is 76.9 Å². The Morgan fingerprint density at radius 2 is 1.50 bits per heavy atom. The lowest BCUT2D eigenvalue weighted by molar-refractivity contribution is 0.246. The molecule has 0 fully saturated rings. The number of benzene rings is 3. The van der Waals surface area contributed by atoms with Crippen molar-refractivity contribution in [1.82, 2.24) is 4.90 Å². The van der Waals surface area contributed by atoms with E-state index < -0.39 is 0 Å². The lowest BCUT2D eigenvalue weighted by atomic mass is 9.98. The fourth-order valence-corrected chi connectivity index (χ4v) is 6.32. The van der Waals surface area contributed by atoms with E-state index in [2.05, 4.69) is 54.3 Å². The number of aromatic hydroxyl groups is 1. The van der Waals surface area contributed by atoms with Gasteiger partial charge in [-0.1, -0.05) is 43.0 Å². The van der Waals surface area contributed by atoms with Crippen LogP contribution in [0.3, 0.4) is 0 Å². The molecule has 5 nitrogen and oxygen atoms in total. The number of ether oxygens (including phenoxy) is 3. The number of nitrogens with zero attached hydrogens (tertiary/aromatic N) is 1. The molecule has 3 aromatic rings. The largest absolute Gasteiger partial charge is 0.504 e. The first-order chi connectivity index (χ1) is 18.5. The monoisotopic (exact) mass is 535 g/mol. The molecular formula is C32H41NO4S. The number of fused-ring (bicyclic) bond motifs is 1. The van der Waals surface area contributed by atoms with Gasteiger partial charge in [0.15, 0.2) is 23.0 Å². The summed E-state index contributed by atoms with van der Waals surface area (Å²) >= 11 is 1.88. The summed E-state index contributed by atoms with van der Waals surface area (Å²) in [7, 11) is 4.99. The predicted molar refractivity (Wildman–Crippen MR) is 156 cm³/mol. The molecule has 1 atom stereocenters. The van der Waals surface area contributed by atoms with Crippen molar-refractivity contribution in [2.24, 2.45) is 0 Å². The summed E-state index contributed by atoms with van der Waals surface area (Å²) < 4.78 is 16.2. The van der Waals surface area contributed by atoms with E-state index in [0.717, 1.165) is 56.0 Å². The summed E-state index contributed by atoms with van der Waals surface area (Å²) in [6, 6.07) is 18.8. The zero-order chi connectivity index (χ0) is 26.9. The Bertz CT molecular complexity index is 1180. The molecule has 0 amide bonds. The van der Waals surface area contributed by atoms with Gasteiger partial charge in [0.25, 0.3) is 0 Å². The molecule has 0 saturated carbocycles. The van der Waals surface area contributed by atoms with Crippen LogP contribution in [0.4, 0.5) is 0 Å². The van der Waals surface area contributed by atoms with Crippen LogP contribution in [0.25, 0.3) is 0 Å². The van der Waals surface area contributed by atoms with Crippen LogP contribution in [0, 0.1) is 6.92 Å². The maximum absolute atomic E-state index is 10.4. The number of hydrogen-bond acceptors (Lipinski definition) is 6. The summed E-state index contributed by atoms with van der Waals surface area (Å²) in [4.78, 5) is 3.82. The molecule has 1 heterocycles. The number of rotatable bonds is 13. The molecule has 38 heavy (non-hydrogen) atoms. The number of phenolic OH excluding ortho intramolecular Hbond substituents is 1. The van der Waals surface area contributed by atoms with Crippen LogP contribution in [-0.2, 0) is 13.0 Å². The van der Waals surface area contributed by atoms with Crippen molar-refractivity contribution in [3.8, 4) is 23.0 Å². The van der Waals surface area contributed by atoms with Crippen LogP contribution in [0.1, 0.15) is 59.6 Å². The van der Waals surface area contributed by atoms with Gasteiger partial charge in [0.05, 0.1) is 21.3 Å². The third-order valence-corrected chi connectivity index (χ3v) is 8.70. The molecule has 0 spiro atoms. The molecule has 0 radical (unpaired) electrons. The van der Waals surface area contributed by atoms with E-state index >= 15 is 0 Å². The summed E-state index contributed by atoms with van der Waals surface area (Å²) in [5.41, 5.74) is 5.14. The summed E-state index contributed by atoms with van der Waals surface area (Å²) in [5.74, 6) is 2.36. The van der Waals surface area contributed by atoms with Crippen molar-refractivity contribution in [1.29, 1.82) is 0 Å². The molecule has 0 saturated heterocycles. The Labute approximate surface area is 232 Å². The van der Waals surface area contributed by atoms with Crippen molar-refractivity contribution in [2.45, 2.75) is 62.1 Å². The SMILES string of the molecule is COc1ccc(C(CCCCCCN2CCc3cc(OC)c(OC)cc3C2)Sc2ccc(C)cc2)cc1O. The third kappa shape index (κ3) is 7.39. The van der Waals surface area contributed by atoms with E-state index in [4.69, 9.17) is 14.2 Å². The third-order valence-electron chi connectivity index (χ3n) is 7.36.